The molecule has 1 aliphatic rings. The van der Waals surface area contributed by atoms with Crippen LogP contribution in [0.1, 0.15) is 49.7 Å². The van der Waals surface area contributed by atoms with Crippen LogP contribution in [-0.2, 0) is 6.42 Å². The van der Waals surface area contributed by atoms with Crippen LogP contribution in [0.25, 0.3) is 0 Å². The van der Waals surface area contributed by atoms with Gasteiger partial charge in [0.1, 0.15) is 18.0 Å². The summed E-state index contributed by atoms with van der Waals surface area (Å²) in [6.07, 6.45) is 11.8. The summed E-state index contributed by atoms with van der Waals surface area (Å²) in [4.78, 5) is 4.62. The van der Waals surface area contributed by atoms with Crippen molar-refractivity contribution < 1.29 is 4.39 Å². The number of nitrogen functional groups attached to an aromatic ring is 1. The molecule has 3 rings (SSSR count). The fraction of sp³-hybridized carbons (Fsp3) is 0.450. The minimum absolute atomic E-state index is 0.0984. The third-order valence-electron chi connectivity index (χ3n) is 5.14. The highest BCUT2D eigenvalue weighted by molar-refractivity contribution is 7.97. The minimum atomic E-state index is -0.0984. The molecule has 1 aliphatic carbocycles. The first-order chi connectivity index (χ1) is 13.1. The SMILES string of the molecule is CC(CCc1c(C2CCC2)ccc(Sn2cnc(N)c2)c1F)CN/C=C\N. The van der Waals surface area contributed by atoms with Gasteiger partial charge in [-0.15, -0.1) is 0 Å². The molecular formula is C20H28FN5S. The molecule has 27 heavy (non-hydrogen) atoms. The topological polar surface area (TPSA) is 81.9 Å². The second-order valence-corrected chi connectivity index (χ2v) is 8.28. The van der Waals surface area contributed by atoms with Crippen molar-refractivity contribution in [2.24, 2.45) is 11.7 Å². The molecule has 0 amide bonds. The van der Waals surface area contributed by atoms with Crippen LogP contribution in [0.15, 0.2) is 42.0 Å². The van der Waals surface area contributed by atoms with Gasteiger partial charge in [0.2, 0.25) is 0 Å². The molecule has 1 aromatic heterocycles. The molecule has 1 saturated carbocycles. The zero-order valence-electron chi connectivity index (χ0n) is 15.7. The number of hydrogen-bond donors (Lipinski definition) is 3. The van der Waals surface area contributed by atoms with E-state index in [9.17, 15) is 0 Å². The van der Waals surface area contributed by atoms with Crippen LogP contribution in [0.2, 0.25) is 0 Å². The van der Waals surface area contributed by atoms with Gasteiger partial charge in [0.15, 0.2) is 0 Å². The van der Waals surface area contributed by atoms with Gasteiger partial charge in [-0.05, 0) is 66.7 Å². The Morgan fingerprint density at radius 1 is 1.44 bits per heavy atom. The zero-order chi connectivity index (χ0) is 19.2. The third kappa shape index (κ3) is 4.97. The van der Waals surface area contributed by atoms with E-state index in [1.165, 1.54) is 30.1 Å². The number of rotatable bonds is 9. The van der Waals surface area contributed by atoms with Gasteiger partial charge in [-0.25, -0.2) is 9.37 Å². The lowest BCUT2D eigenvalue weighted by atomic mass is 9.77. The summed E-state index contributed by atoms with van der Waals surface area (Å²) < 4.78 is 17.1. The molecule has 0 bridgehead atoms. The van der Waals surface area contributed by atoms with Gasteiger partial charge in [-0.2, -0.15) is 0 Å². The van der Waals surface area contributed by atoms with Crippen molar-refractivity contribution >= 4 is 17.8 Å². The van der Waals surface area contributed by atoms with Crippen LogP contribution >= 0.6 is 11.9 Å². The van der Waals surface area contributed by atoms with Gasteiger partial charge in [-0.3, -0.25) is 3.97 Å². The maximum absolute atomic E-state index is 15.4. The maximum atomic E-state index is 15.4. The number of nitrogens with two attached hydrogens (primary N) is 2. The smallest absolute Gasteiger partial charge is 0.142 e. The lowest BCUT2D eigenvalue weighted by Crippen LogP contribution is -2.18. The fourth-order valence-electron chi connectivity index (χ4n) is 3.36. The Labute approximate surface area is 164 Å². The molecule has 0 spiro atoms. The molecule has 5 N–H and O–H groups in total. The monoisotopic (exact) mass is 389 g/mol. The predicted molar refractivity (Wildman–Crippen MR) is 110 cm³/mol. The van der Waals surface area contributed by atoms with Crippen LogP contribution < -0.4 is 16.8 Å². The number of nitrogens with one attached hydrogen (secondary N) is 1. The summed E-state index contributed by atoms with van der Waals surface area (Å²) >= 11 is 1.31. The predicted octanol–water partition coefficient (Wildman–Crippen LogP) is 4.02. The van der Waals surface area contributed by atoms with E-state index in [0.717, 1.165) is 37.8 Å². The molecular weight excluding hydrogens is 361 g/mol. The summed E-state index contributed by atoms with van der Waals surface area (Å²) in [6, 6.07) is 4.01. The number of anilines is 1. The second-order valence-electron chi connectivity index (χ2n) is 7.23. The average molecular weight is 390 g/mol. The molecule has 1 atom stereocenters. The third-order valence-corrected chi connectivity index (χ3v) is 6.06. The normalized spacial score (nSPS) is 15.8. The molecule has 1 heterocycles. The molecule has 0 saturated heterocycles. The van der Waals surface area contributed by atoms with Crippen molar-refractivity contribution in [1.29, 1.82) is 0 Å². The zero-order valence-corrected chi connectivity index (χ0v) is 16.5. The van der Waals surface area contributed by atoms with Crippen LogP contribution in [0.3, 0.4) is 0 Å². The fourth-order valence-corrected chi connectivity index (χ4v) is 4.17. The number of nitrogens with zero attached hydrogens (tertiary/aromatic N) is 2. The van der Waals surface area contributed by atoms with Gasteiger partial charge >= 0.3 is 0 Å². The molecule has 2 aromatic rings. The highest BCUT2D eigenvalue weighted by atomic mass is 32.2. The van der Waals surface area contributed by atoms with E-state index >= 15 is 4.39 Å². The first-order valence-corrected chi connectivity index (χ1v) is 10.2. The van der Waals surface area contributed by atoms with Crippen LogP contribution in [0, 0.1) is 11.7 Å². The number of imidazole rings is 1. The van der Waals surface area contributed by atoms with Crippen molar-refractivity contribution in [1.82, 2.24) is 14.3 Å². The Morgan fingerprint density at radius 3 is 2.89 bits per heavy atom. The van der Waals surface area contributed by atoms with Crippen molar-refractivity contribution in [3.63, 3.8) is 0 Å². The molecule has 7 heteroatoms. The summed E-state index contributed by atoms with van der Waals surface area (Å²) in [7, 11) is 0. The highest BCUT2D eigenvalue weighted by Crippen LogP contribution is 2.41. The Kier molecular flexibility index (Phi) is 6.66. The van der Waals surface area contributed by atoms with Gasteiger partial charge in [0, 0.05) is 18.9 Å². The number of hydrogen-bond acceptors (Lipinski definition) is 5. The summed E-state index contributed by atoms with van der Waals surface area (Å²) in [6.45, 7) is 3.00. The van der Waals surface area contributed by atoms with Gasteiger partial charge in [0.05, 0.1) is 11.1 Å². The van der Waals surface area contributed by atoms with Crippen molar-refractivity contribution in [3.8, 4) is 0 Å². The van der Waals surface area contributed by atoms with Crippen molar-refractivity contribution in [3.05, 3.63) is 54.0 Å². The van der Waals surface area contributed by atoms with E-state index < -0.39 is 0 Å². The summed E-state index contributed by atoms with van der Waals surface area (Å²) in [5.74, 6) is 1.27. The van der Waals surface area contributed by atoms with Gasteiger partial charge < -0.3 is 16.8 Å². The molecule has 1 aromatic carbocycles. The lowest BCUT2D eigenvalue weighted by Gasteiger charge is -2.29. The van der Waals surface area contributed by atoms with Gasteiger partial charge in [0.25, 0.3) is 0 Å². The second kappa shape index (κ2) is 9.17. The lowest BCUT2D eigenvalue weighted by molar-refractivity contribution is 0.410. The van der Waals surface area contributed by atoms with E-state index in [1.807, 2.05) is 6.07 Å². The first kappa shape index (κ1) is 19.6. The number of aromatic nitrogens is 2. The maximum Gasteiger partial charge on any atom is 0.142 e. The minimum Gasteiger partial charge on any atom is -0.403 e. The summed E-state index contributed by atoms with van der Waals surface area (Å²) in [5, 5.41) is 3.17. The van der Waals surface area contributed by atoms with Gasteiger partial charge in [-0.1, -0.05) is 19.4 Å². The Bertz CT molecular complexity index is 785. The molecule has 146 valence electrons. The molecule has 0 aliphatic heterocycles. The quantitative estimate of drug-likeness (QED) is 0.603. The van der Waals surface area contributed by atoms with Crippen molar-refractivity contribution in [2.45, 2.75) is 49.8 Å². The number of halogens is 1. The largest absolute Gasteiger partial charge is 0.403 e. The van der Waals surface area contributed by atoms with E-state index in [2.05, 4.69) is 23.3 Å². The molecule has 1 unspecified atom stereocenters. The molecule has 1 fully saturated rings. The highest BCUT2D eigenvalue weighted by Gasteiger charge is 2.25. The van der Waals surface area contributed by atoms with Crippen molar-refractivity contribution in [2.75, 3.05) is 12.3 Å². The molecule has 0 radical (unpaired) electrons. The molecule has 5 nitrogen and oxygen atoms in total. The van der Waals surface area contributed by atoms with Crippen LogP contribution in [-0.4, -0.2) is 15.5 Å². The van der Waals surface area contributed by atoms with E-state index in [1.54, 1.807) is 22.7 Å². The van der Waals surface area contributed by atoms with E-state index in [-0.39, 0.29) is 5.82 Å². The first-order valence-electron chi connectivity index (χ1n) is 9.47. The van der Waals surface area contributed by atoms with Crippen LogP contribution in [0.5, 0.6) is 0 Å². The van der Waals surface area contributed by atoms with E-state index in [0.29, 0.717) is 22.5 Å². The van der Waals surface area contributed by atoms with Crippen LogP contribution in [0.4, 0.5) is 10.2 Å². The standard InChI is InChI=1S/C20H28FN5S/c1-14(11-24-10-9-22)5-6-17-16(15-3-2-4-15)7-8-18(20(17)21)27-26-12-19(23)25-13-26/h7-10,12-15,24H,2-6,11,22-23H2,1H3/b10-9-. The average Bonchev–Trinajstić information content (AvgIpc) is 3.00. The number of benzene rings is 1. The Balaban J connectivity index is 1.76. The Morgan fingerprint density at radius 2 is 2.26 bits per heavy atom. The van der Waals surface area contributed by atoms with E-state index in [4.69, 9.17) is 11.5 Å². The summed E-state index contributed by atoms with van der Waals surface area (Å²) in [5.41, 5.74) is 13.1. The Hall–Kier alpha value is -2.15.